The molecular weight excluding hydrogens is 396 g/mol. The van der Waals surface area contributed by atoms with Crippen molar-refractivity contribution >= 4 is 28.5 Å². The quantitative estimate of drug-likeness (QED) is 0.674. The summed E-state index contributed by atoms with van der Waals surface area (Å²) in [4.78, 5) is 31.4. The fraction of sp³-hybridized carbons (Fsp3) is 0.348. The number of likely N-dealkylation sites (tertiary alicyclic amines) is 1. The number of imidazole rings is 1. The lowest BCUT2D eigenvalue weighted by Crippen LogP contribution is -2.42. The molecule has 0 unspecified atom stereocenters. The van der Waals surface area contributed by atoms with Crippen LogP contribution in [-0.4, -0.2) is 57.7 Å². The number of piperidine rings is 1. The van der Waals surface area contributed by atoms with E-state index in [2.05, 4.69) is 5.32 Å². The Hall–Kier alpha value is -3.39. The number of ether oxygens (including phenoxy) is 1. The summed E-state index contributed by atoms with van der Waals surface area (Å²) in [6.45, 7) is 2.33. The molecule has 31 heavy (non-hydrogen) atoms. The molecule has 0 aliphatic carbocycles. The number of β-amino-alcohol motifs (C(OH)–C–C–N with tert-alkyl or cyclic N) is 1. The number of rotatable bonds is 4. The predicted molar refractivity (Wildman–Crippen MR) is 118 cm³/mol. The van der Waals surface area contributed by atoms with E-state index in [1.165, 1.54) is 6.92 Å². The monoisotopic (exact) mass is 422 g/mol. The van der Waals surface area contributed by atoms with Gasteiger partial charge in [-0.15, -0.1) is 0 Å². The van der Waals surface area contributed by atoms with E-state index in [9.17, 15) is 14.7 Å². The number of hydrogen-bond acceptors (Lipinski definition) is 5. The molecular formula is C23H26N4O4. The topological polar surface area (TPSA) is 96.7 Å². The van der Waals surface area contributed by atoms with Crippen LogP contribution >= 0.6 is 0 Å². The van der Waals surface area contributed by atoms with Gasteiger partial charge >= 0.3 is 0 Å². The van der Waals surface area contributed by atoms with Crippen molar-refractivity contribution in [2.75, 3.05) is 25.5 Å². The molecule has 0 saturated carbocycles. The number of hydrogen-bond donors (Lipinski definition) is 2. The number of aliphatic hydroxyl groups excluding tert-OH is 1. The average Bonchev–Trinajstić information content (AvgIpc) is 3.09. The first-order valence-electron chi connectivity index (χ1n) is 10.3. The minimum Gasteiger partial charge on any atom is -0.496 e. The van der Waals surface area contributed by atoms with Crippen LogP contribution in [0.15, 0.2) is 36.4 Å². The average molecular weight is 422 g/mol. The molecule has 8 nitrogen and oxygen atoms in total. The zero-order chi connectivity index (χ0) is 22.1. The lowest BCUT2D eigenvalue weighted by atomic mass is 10.1. The zero-order valence-corrected chi connectivity index (χ0v) is 17.9. The summed E-state index contributed by atoms with van der Waals surface area (Å²) in [6, 6.07) is 11.0. The maximum absolute atomic E-state index is 13.1. The predicted octanol–water partition coefficient (Wildman–Crippen LogP) is 2.80. The maximum atomic E-state index is 13.1. The second-order valence-electron chi connectivity index (χ2n) is 7.81. The number of methoxy groups -OCH3 is 1. The van der Waals surface area contributed by atoms with Gasteiger partial charge in [0.25, 0.3) is 5.91 Å². The molecule has 8 heteroatoms. The number of amides is 2. The summed E-state index contributed by atoms with van der Waals surface area (Å²) < 4.78 is 7.38. The van der Waals surface area contributed by atoms with Crippen molar-refractivity contribution in [1.29, 1.82) is 0 Å². The van der Waals surface area contributed by atoms with Gasteiger partial charge in [-0.1, -0.05) is 12.1 Å². The summed E-state index contributed by atoms with van der Waals surface area (Å²) in [5, 5.41) is 12.8. The molecule has 1 aliphatic rings. The van der Waals surface area contributed by atoms with E-state index < -0.39 is 6.10 Å². The van der Waals surface area contributed by atoms with E-state index in [-0.39, 0.29) is 11.8 Å². The second-order valence-corrected chi connectivity index (χ2v) is 7.81. The van der Waals surface area contributed by atoms with Crippen LogP contribution in [0.5, 0.6) is 5.75 Å². The highest BCUT2D eigenvalue weighted by molar-refractivity contribution is 6.05. The van der Waals surface area contributed by atoms with Gasteiger partial charge in [-0.2, -0.15) is 0 Å². The largest absolute Gasteiger partial charge is 0.496 e. The molecule has 1 saturated heterocycles. The molecule has 3 aromatic rings. The summed E-state index contributed by atoms with van der Waals surface area (Å²) in [5.74, 6) is 0.925. The molecule has 1 aliphatic heterocycles. The Labute approximate surface area is 180 Å². The third-order valence-corrected chi connectivity index (χ3v) is 5.56. The summed E-state index contributed by atoms with van der Waals surface area (Å²) >= 11 is 0. The lowest BCUT2D eigenvalue weighted by Gasteiger charge is -2.30. The zero-order valence-electron chi connectivity index (χ0n) is 17.9. The Morgan fingerprint density at radius 2 is 2.03 bits per heavy atom. The number of aryl methyl sites for hydroxylation is 1. The van der Waals surface area contributed by atoms with Crippen LogP contribution in [0.4, 0.5) is 5.69 Å². The van der Waals surface area contributed by atoms with Crippen LogP contribution in [0.3, 0.4) is 0 Å². The van der Waals surface area contributed by atoms with Gasteiger partial charge in [0.05, 0.1) is 35.5 Å². The number of aliphatic hydroxyl groups is 1. The van der Waals surface area contributed by atoms with E-state index in [1.54, 1.807) is 24.1 Å². The third-order valence-electron chi connectivity index (χ3n) is 5.56. The molecule has 0 bridgehead atoms. The van der Waals surface area contributed by atoms with E-state index in [0.29, 0.717) is 53.4 Å². The molecule has 1 aromatic heterocycles. The number of para-hydroxylation sites is 1. The molecule has 162 valence electrons. The molecule has 0 spiro atoms. The minimum absolute atomic E-state index is 0.184. The first kappa shape index (κ1) is 20.9. The first-order chi connectivity index (χ1) is 14.9. The standard InChI is InChI=1S/C23H26N4O4/c1-14(28)24-18-11-15(23(30)27-10-6-7-16(29)13-27)12-19-21(18)26(2)22(25-19)17-8-4-5-9-20(17)31-3/h4-5,8-9,11-12,16,29H,6-7,10,13H2,1-3H3,(H,24,28)/t16-/m0/s1. The second kappa shape index (κ2) is 8.39. The molecule has 1 atom stereocenters. The SMILES string of the molecule is COc1ccccc1-c1nc2cc(C(=O)N3CCC[C@H](O)C3)cc(NC(C)=O)c2n1C. The normalized spacial score (nSPS) is 16.4. The Morgan fingerprint density at radius 3 is 2.74 bits per heavy atom. The molecule has 4 rings (SSSR count). The van der Waals surface area contributed by atoms with Crippen molar-refractivity contribution in [1.82, 2.24) is 14.5 Å². The fourth-order valence-corrected chi connectivity index (χ4v) is 4.15. The number of carbonyl (C=O) groups is 2. The van der Waals surface area contributed by atoms with E-state index in [4.69, 9.17) is 9.72 Å². The molecule has 0 radical (unpaired) electrons. The molecule has 1 fully saturated rings. The molecule has 2 N–H and O–H groups in total. The highest BCUT2D eigenvalue weighted by atomic mass is 16.5. The van der Waals surface area contributed by atoms with E-state index in [1.807, 2.05) is 35.9 Å². The Balaban J connectivity index is 1.85. The smallest absolute Gasteiger partial charge is 0.254 e. The Bertz CT molecular complexity index is 1150. The number of aromatic nitrogens is 2. The highest BCUT2D eigenvalue weighted by Crippen LogP contribution is 2.34. The van der Waals surface area contributed by atoms with Crippen LogP contribution < -0.4 is 10.1 Å². The van der Waals surface area contributed by atoms with Gasteiger partial charge in [0, 0.05) is 32.6 Å². The number of fused-ring (bicyclic) bond motifs is 1. The van der Waals surface area contributed by atoms with Gasteiger partial charge in [0.1, 0.15) is 11.6 Å². The number of nitrogens with zero attached hydrogens (tertiary/aromatic N) is 3. The van der Waals surface area contributed by atoms with E-state index in [0.717, 1.165) is 12.0 Å². The van der Waals surface area contributed by atoms with Crippen molar-refractivity contribution in [2.45, 2.75) is 25.9 Å². The summed E-state index contributed by atoms with van der Waals surface area (Å²) in [5.41, 5.74) is 3.06. The third kappa shape index (κ3) is 3.98. The number of nitrogens with one attached hydrogen (secondary N) is 1. The highest BCUT2D eigenvalue weighted by Gasteiger charge is 2.25. The van der Waals surface area contributed by atoms with Crippen molar-refractivity contribution in [3.05, 3.63) is 42.0 Å². The minimum atomic E-state index is -0.511. The van der Waals surface area contributed by atoms with Gasteiger partial charge in [-0.05, 0) is 37.1 Å². The van der Waals surface area contributed by atoms with Crippen molar-refractivity contribution in [3.8, 4) is 17.1 Å². The van der Waals surface area contributed by atoms with Crippen molar-refractivity contribution in [3.63, 3.8) is 0 Å². The van der Waals surface area contributed by atoms with Gasteiger partial charge in [0.15, 0.2) is 0 Å². The van der Waals surface area contributed by atoms with Crippen LogP contribution in [0.1, 0.15) is 30.1 Å². The van der Waals surface area contributed by atoms with Crippen LogP contribution in [0.25, 0.3) is 22.4 Å². The van der Waals surface area contributed by atoms with Crippen LogP contribution in [0, 0.1) is 0 Å². The van der Waals surface area contributed by atoms with Crippen molar-refractivity contribution in [2.24, 2.45) is 7.05 Å². The number of carbonyl (C=O) groups excluding carboxylic acids is 2. The van der Waals surface area contributed by atoms with E-state index >= 15 is 0 Å². The molecule has 2 heterocycles. The van der Waals surface area contributed by atoms with Gasteiger partial charge < -0.3 is 24.6 Å². The molecule has 2 aromatic carbocycles. The maximum Gasteiger partial charge on any atom is 0.254 e. The van der Waals surface area contributed by atoms with Crippen LogP contribution in [0.2, 0.25) is 0 Å². The first-order valence-corrected chi connectivity index (χ1v) is 10.3. The van der Waals surface area contributed by atoms with Crippen LogP contribution in [-0.2, 0) is 11.8 Å². The summed E-state index contributed by atoms with van der Waals surface area (Å²) in [7, 11) is 3.47. The van der Waals surface area contributed by atoms with Crippen molar-refractivity contribution < 1.29 is 19.4 Å². The van der Waals surface area contributed by atoms with Gasteiger partial charge in [-0.25, -0.2) is 4.98 Å². The van der Waals surface area contributed by atoms with Gasteiger partial charge in [-0.3, -0.25) is 9.59 Å². The Kier molecular flexibility index (Phi) is 5.65. The fourth-order valence-electron chi connectivity index (χ4n) is 4.15. The number of anilines is 1. The Morgan fingerprint density at radius 1 is 1.26 bits per heavy atom. The lowest BCUT2D eigenvalue weighted by molar-refractivity contribution is -0.114. The number of benzene rings is 2. The summed E-state index contributed by atoms with van der Waals surface area (Å²) in [6.07, 6.45) is 0.945. The van der Waals surface area contributed by atoms with Gasteiger partial charge in [0.2, 0.25) is 5.91 Å². The molecule has 2 amide bonds.